The predicted molar refractivity (Wildman–Crippen MR) is 108 cm³/mol. The SMILES string of the molecule is N#CC(C#N)=C(C#N)Nc1ccccc1C(=O)N1CCN(c2ccccc2)CC1. The van der Waals surface area contributed by atoms with E-state index < -0.39 is 0 Å². The molecule has 0 aromatic heterocycles. The molecule has 0 bridgehead atoms. The number of nitriles is 3. The molecule has 29 heavy (non-hydrogen) atoms. The largest absolute Gasteiger partial charge is 0.368 e. The molecule has 1 saturated heterocycles. The second kappa shape index (κ2) is 9.08. The molecule has 1 heterocycles. The van der Waals surface area contributed by atoms with Gasteiger partial charge in [-0.25, -0.2) is 0 Å². The number of para-hydroxylation sites is 2. The molecule has 142 valence electrons. The number of carbonyl (C=O) groups excluding carboxylic acids is 1. The first kappa shape index (κ1) is 19.5. The fraction of sp³-hybridized carbons (Fsp3) is 0.182. The normalized spacial score (nSPS) is 12.9. The zero-order chi connectivity index (χ0) is 20.6. The van der Waals surface area contributed by atoms with E-state index in [1.165, 1.54) is 0 Å². The maximum absolute atomic E-state index is 13.1. The minimum absolute atomic E-state index is 0.159. The summed E-state index contributed by atoms with van der Waals surface area (Å²) < 4.78 is 0. The quantitative estimate of drug-likeness (QED) is 0.815. The molecule has 0 unspecified atom stereocenters. The van der Waals surface area contributed by atoms with Crippen LogP contribution in [-0.4, -0.2) is 37.0 Å². The van der Waals surface area contributed by atoms with Gasteiger partial charge in [-0.3, -0.25) is 4.79 Å². The van der Waals surface area contributed by atoms with E-state index in [-0.39, 0.29) is 17.2 Å². The topological polar surface area (TPSA) is 107 Å². The lowest BCUT2D eigenvalue weighted by Gasteiger charge is -2.36. The number of hydrogen-bond acceptors (Lipinski definition) is 6. The van der Waals surface area contributed by atoms with Gasteiger partial charge in [-0.05, 0) is 24.3 Å². The van der Waals surface area contributed by atoms with Gasteiger partial charge in [0.15, 0.2) is 5.57 Å². The van der Waals surface area contributed by atoms with Gasteiger partial charge < -0.3 is 15.1 Å². The van der Waals surface area contributed by atoms with Gasteiger partial charge in [0.2, 0.25) is 0 Å². The van der Waals surface area contributed by atoms with Crippen LogP contribution in [0.4, 0.5) is 11.4 Å². The van der Waals surface area contributed by atoms with Crippen molar-refractivity contribution in [2.45, 2.75) is 0 Å². The highest BCUT2D eigenvalue weighted by Crippen LogP contribution is 2.22. The predicted octanol–water partition coefficient (Wildman–Crippen LogP) is 2.89. The number of nitrogens with one attached hydrogen (secondary N) is 1. The Morgan fingerprint density at radius 1 is 0.828 bits per heavy atom. The number of rotatable bonds is 4. The van der Waals surface area contributed by atoms with Crippen molar-refractivity contribution in [1.29, 1.82) is 15.8 Å². The maximum atomic E-state index is 13.1. The summed E-state index contributed by atoms with van der Waals surface area (Å²) in [6.07, 6.45) is 0. The molecule has 1 aliphatic rings. The molecule has 3 rings (SSSR count). The number of amides is 1. The number of anilines is 2. The lowest BCUT2D eigenvalue weighted by molar-refractivity contribution is 0.0748. The van der Waals surface area contributed by atoms with E-state index in [1.807, 2.05) is 24.3 Å². The molecular weight excluding hydrogens is 364 g/mol. The fourth-order valence-corrected chi connectivity index (χ4v) is 3.17. The number of benzene rings is 2. The lowest BCUT2D eigenvalue weighted by Crippen LogP contribution is -2.48. The van der Waals surface area contributed by atoms with Gasteiger partial charge in [-0.1, -0.05) is 30.3 Å². The molecule has 1 aliphatic heterocycles. The van der Waals surface area contributed by atoms with E-state index in [0.29, 0.717) is 24.3 Å². The summed E-state index contributed by atoms with van der Waals surface area (Å²) in [6.45, 7) is 2.60. The Labute approximate surface area is 169 Å². The maximum Gasteiger partial charge on any atom is 0.256 e. The van der Waals surface area contributed by atoms with Gasteiger partial charge in [-0.15, -0.1) is 0 Å². The van der Waals surface area contributed by atoms with E-state index in [2.05, 4.69) is 22.3 Å². The van der Waals surface area contributed by atoms with E-state index in [4.69, 9.17) is 10.5 Å². The van der Waals surface area contributed by atoms with Crippen molar-refractivity contribution in [3.63, 3.8) is 0 Å². The number of nitrogens with zero attached hydrogens (tertiary/aromatic N) is 5. The van der Waals surface area contributed by atoms with E-state index >= 15 is 0 Å². The van der Waals surface area contributed by atoms with Gasteiger partial charge in [-0.2, -0.15) is 15.8 Å². The smallest absolute Gasteiger partial charge is 0.256 e. The van der Waals surface area contributed by atoms with Crippen LogP contribution in [0.1, 0.15) is 10.4 Å². The van der Waals surface area contributed by atoms with Gasteiger partial charge in [0.25, 0.3) is 5.91 Å². The molecule has 1 amide bonds. The lowest BCUT2D eigenvalue weighted by atomic mass is 10.1. The van der Waals surface area contributed by atoms with E-state index in [9.17, 15) is 10.1 Å². The van der Waals surface area contributed by atoms with Gasteiger partial charge >= 0.3 is 0 Å². The number of hydrogen-bond donors (Lipinski definition) is 1. The Kier molecular flexibility index (Phi) is 6.10. The van der Waals surface area contributed by atoms with Crippen LogP contribution in [0.3, 0.4) is 0 Å². The van der Waals surface area contributed by atoms with Crippen molar-refractivity contribution in [1.82, 2.24) is 4.90 Å². The molecule has 2 aromatic carbocycles. The van der Waals surface area contributed by atoms with Crippen LogP contribution < -0.4 is 10.2 Å². The highest BCUT2D eigenvalue weighted by molar-refractivity contribution is 6.00. The van der Waals surface area contributed by atoms with Crippen LogP contribution in [0.2, 0.25) is 0 Å². The molecule has 7 heteroatoms. The van der Waals surface area contributed by atoms with Crippen LogP contribution in [-0.2, 0) is 0 Å². The summed E-state index contributed by atoms with van der Waals surface area (Å²) in [5, 5.41) is 30.0. The Morgan fingerprint density at radius 2 is 1.45 bits per heavy atom. The van der Waals surface area contributed by atoms with Crippen LogP contribution >= 0.6 is 0 Å². The van der Waals surface area contributed by atoms with Crippen molar-refractivity contribution in [3.8, 4) is 18.2 Å². The standard InChI is InChI=1S/C22H18N6O/c23-14-17(15-24)21(16-25)26-20-9-5-4-8-19(20)22(29)28-12-10-27(11-13-28)18-6-2-1-3-7-18/h1-9,26H,10-13H2. The van der Waals surface area contributed by atoms with Crippen LogP contribution in [0.25, 0.3) is 0 Å². The average molecular weight is 382 g/mol. The summed E-state index contributed by atoms with van der Waals surface area (Å²) >= 11 is 0. The Bertz CT molecular complexity index is 1030. The van der Waals surface area contributed by atoms with E-state index in [0.717, 1.165) is 18.8 Å². The molecular formula is C22H18N6O. The first-order valence-electron chi connectivity index (χ1n) is 9.08. The summed E-state index contributed by atoms with van der Waals surface area (Å²) in [5.41, 5.74) is 1.41. The van der Waals surface area contributed by atoms with Crippen LogP contribution in [0.5, 0.6) is 0 Å². The minimum Gasteiger partial charge on any atom is -0.368 e. The van der Waals surface area contributed by atoms with Crippen molar-refractivity contribution >= 4 is 17.3 Å². The average Bonchev–Trinajstić information content (AvgIpc) is 2.79. The summed E-state index contributed by atoms with van der Waals surface area (Å²) in [6, 6.07) is 22.0. The first-order chi connectivity index (χ1) is 14.2. The molecule has 0 radical (unpaired) electrons. The monoisotopic (exact) mass is 382 g/mol. The molecule has 7 nitrogen and oxygen atoms in total. The molecule has 1 N–H and O–H groups in total. The third-order valence-corrected chi connectivity index (χ3v) is 4.69. The highest BCUT2D eigenvalue weighted by Gasteiger charge is 2.24. The molecule has 0 aliphatic carbocycles. The Hall–Kier alpha value is -4.28. The fourth-order valence-electron chi connectivity index (χ4n) is 3.17. The number of carbonyl (C=O) groups is 1. The summed E-state index contributed by atoms with van der Waals surface area (Å²) in [7, 11) is 0. The first-order valence-corrected chi connectivity index (χ1v) is 9.08. The zero-order valence-electron chi connectivity index (χ0n) is 15.7. The minimum atomic E-state index is -0.328. The van der Waals surface area contributed by atoms with Gasteiger partial charge in [0.1, 0.15) is 23.9 Å². The van der Waals surface area contributed by atoms with Crippen molar-refractivity contribution in [2.75, 3.05) is 36.4 Å². The van der Waals surface area contributed by atoms with Crippen molar-refractivity contribution < 1.29 is 4.79 Å². The van der Waals surface area contributed by atoms with Gasteiger partial charge in [0.05, 0.1) is 11.3 Å². The third kappa shape index (κ3) is 4.35. The number of allylic oxidation sites excluding steroid dienone is 2. The molecule has 1 fully saturated rings. The summed E-state index contributed by atoms with van der Waals surface area (Å²) in [5.74, 6) is -0.159. The highest BCUT2D eigenvalue weighted by atomic mass is 16.2. The molecule has 0 spiro atoms. The molecule has 0 atom stereocenters. The molecule has 2 aromatic rings. The van der Waals surface area contributed by atoms with Crippen LogP contribution in [0.15, 0.2) is 65.9 Å². The van der Waals surface area contributed by atoms with E-state index in [1.54, 1.807) is 41.3 Å². The second-order valence-corrected chi connectivity index (χ2v) is 6.37. The Balaban J connectivity index is 1.76. The second-order valence-electron chi connectivity index (χ2n) is 6.37. The number of piperazine rings is 1. The zero-order valence-corrected chi connectivity index (χ0v) is 15.7. The van der Waals surface area contributed by atoms with Crippen molar-refractivity contribution in [3.05, 3.63) is 71.4 Å². The van der Waals surface area contributed by atoms with Crippen molar-refractivity contribution in [2.24, 2.45) is 0 Å². The molecule has 0 saturated carbocycles. The van der Waals surface area contributed by atoms with Gasteiger partial charge in [0, 0.05) is 31.9 Å². The van der Waals surface area contributed by atoms with Crippen LogP contribution in [0, 0.1) is 34.0 Å². The third-order valence-electron chi connectivity index (χ3n) is 4.69. The summed E-state index contributed by atoms with van der Waals surface area (Å²) in [4.78, 5) is 17.1. The Morgan fingerprint density at radius 3 is 2.07 bits per heavy atom.